The van der Waals surface area contributed by atoms with Crippen LogP contribution in [-0.2, 0) is 0 Å². The van der Waals surface area contributed by atoms with Crippen molar-refractivity contribution in [3.63, 3.8) is 0 Å². The van der Waals surface area contributed by atoms with Crippen LogP contribution in [0.2, 0.25) is 0 Å². The number of halogens is 1. The summed E-state index contributed by atoms with van der Waals surface area (Å²) in [5, 5.41) is 1.17. The second-order valence-electron chi connectivity index (χ2n) is 4.44. The van der Waals surface area contributed by atoms with Gasteiger partial charge in [-0.25, -0.2) is 0 Å². The highest BCUT2D eigenvalue weighted by atomic mass is 79.9. The van der Waals surface area contributed by atoms with Gasteiger partial charge in [-0.2, -0.15) is 0 Å². The first-order chi connectivity index (χ1) is 7.35. The van der Waals surface area contributed by atoms with E-state index in [-0.39, 0.29) is 0 Å². The molecule has 0 aliphatic heterocycles. The van der Waals surface area contributed by atoms with Crippen LogP contribution in [0.15, 0.2) is 35.2 Å². The average Bonchev–Trinajstić information content (AvgIpc) is 2.77. The molecule has 0 unspecified atom stereocenters. The number of hydrogen-bond acceptors (Lipinski definition) is 1. The van der Waals surface area contributed by atoms with Gasteiger partial charge in [0.05, 0.1) is 0 Å². The largest absolute Gasteiger partial charge is 0.126 e. The lowest BCUT2D eigenvalue weighted by Gasteiger charge is -2.25. The van der Waals surface area contributed by atoms with Crippen LogP contribution in [0.3, 0.4) is 0 Å². The van der Waals surface area contributed by atoms with Crippen LogP contribution in [0, 0.1) is 5.41 Å². The molecule has 0 bridgehead atoms. The van der Waals surface area contributed by atoms with Gasteiger partial charge in [0.1, 0.15) is 0 Å². The minimum absolute atomic E-state index is 0.570. The van der Waals surface area contributed by atoms with Gasteiger partial charge in [0.2, 0.25) is 0 Å². The number of benzene rings is 1. The summed E-state index contributed by atoms with van der Waals surface area (Å²) in [7, 11) is 0. The summed E-state index contributed by atoms with van der Waals surface area (Å²) < 4.78 is 0. The fraction of sp³-hybridized carbons (Fsp3) is 0.538. The first kappa shape index (κ1) is 11.5. The van der Waals surface area contributed by atoms with Crippen LogP contribution in [0.5, 0.6) is 0 Å². The van der Waals surface area contributed by atoms with Crippen molar-refractivity contribution in [3.8, 4) is 0 Å². The average molecular weight is 285 g/mol. The van der Waals surface area contributed by atoms with Gasteiger partial charge in [0, 0.05) is 16.0 Å². The predicted molar refractivity (Wildman–Crippen MR) is 71.9 cm³/mol. The minimum atomic E-state index is 0.570. The van der Waals surface area contributed by atoms with Gasteiger partial charge in [0.15, 0.2) is 0 Å². The monoisotopic (exact) mass is 284 g/mol. The topological polar surface area (TPSA) is 0 Å². The molecule has 0 amide bonds. The van der Waals surface area contributed by atoms with Crippen LogP contribution in [0.25, 0.3) is 0 Å². The van der Waals surface area contributed by atoms with E-state index in [0.29, 0.717) is 5.41 Å². The van der Waals surface area contributed by atoms with Crippen molar-refractivity contribution in [1.82, 2.24) is 0 Å². The van der Waals surface area contributed by atoms with E-state index in [9.17, 15) is 0 Å². The van der Waals surface area contributed by atoms with Gasteiger partial charge < -0.3 is 0 Å². The second-order valence-corrected chi connectivity index (χ2v) is 6.05. The standard InChI is InChI=1S/C13H17BrS/c14-10-13(8-4-5-9-13)11-15-12-6-2-1-3-7-12/h1-3,6-7H,4-5,8-11H2. The Bertz CT molecular complexity index is 291. The Hall–Kier alpha value is 0.0500. The van der Waals surface area contributed by atoms with Crippen molar-refractivity contribution in [2.24, 2.45) is 5.41 Å². The summed E-state index contributed by atoms with van der Waals surface area (Å²) in [6.45, 7) is 0. The van der Waals surface area contributed by atoms with Gasteiger partial charge in [0.25, 0.3) is 0 Å². The van der Waals surface area contributed by atoms with Crippen molar-refractivity contribution < 1.29 is 0 Å². The third-order valence-electron chi connectivity index (χ3n) is 3.24. The lowest BCUT2D eigenvalue weighted by Crippen LogP contribution is -2.21. The molecule has 82 valence electrons. The molecule has 1 fully saturated rings. The molecule has 15 heavy (non-hydrogen) atoms. The molecular weight excluding hydrogens is 268 g/mol. The fourth-order valence-corrected chi connectivity index (χ4v) is 4.43. The summed E-state index contributed by atoms with van der Waals surface area (Å²) in [4.78, 5) is 1.41. The van der Waals surface area contributed by atoms with E-state index in [1.807, 2.05) is 11.8 Å². The van der Waals surface area contributed by atoms with Gasteiger partial charge in [-0.15, -0.1) is 11.8 Å². The summed E-state index contributed by atoms with van der Waals surface area (Å²) >= 11 is 5.70. The Kier molecular flexibility index (Phi) is 4.15. The molecule has 0 saturated heterocycles. The number of hydrogen-bond donors (Lipinski definition) is 0. The zero-order chi connectivity index (χ0) is 10.6. The SMILES string of the molecule is BrCC1(CSc2ccccc2)CCCC1. The van der Waals surface area contributed by atoms with Crippen LogP contribution in [-0.4, -0.2) is 11.1 Å². The van der Waals surface area contributed by atoms with E-state index in [0.717, 1.165) is 0 Å². The van der Waals surface area contributed by atoms with E-state index < -0.39 is 0 Å². The molecule has 1 saturated carbocycles. The van der Waals surface area contributed by atoms with Crippen molar-refractivity contribution in [1.29, 1.82) is 0 Å². The summed E-state index contributed by atoms with van der Waals surface area (Å²) in [6.07, 6.45) is 5.64. The van der Waals surface area contributed by atoms with Crippen molar-refractivity contribution in [3.05, 3.63) is 30.3 Å². The molecule has 1 aromatic rings. The van der Waals surface area contributed by atoms with Crippen molar-refractivity contribution in [2.75, 3.05) is 11.1 Å². The number of thioether (sulfide) groups is 1. The van der Waals surface area contributed by atoms with Gasteiger partial charge >= 0.3 is 0 Å². The molecule has 0 radical (unpaired) electrons. The third-order valence-corrected chi connectivity index (χ3v) is 5.79. The molecular formula is C13H17BrS. The summed E-state index contributed by atoms with van der Waals surface area (Å²) in [5.41, 5.74) is 0.570. The van der Waals surface area contributed by atoms with Crippen LogP contribution < -0.4 is 0 Å². The molecule has 1 aliphatic carbocycles. The predicted octanol–water partition coefficient (Wildman–Crippen LogP) is 4.73. The molecule has 0 atom stereocenters. The molecule has 1 aromatic carbocycles. The van der Waals surface area contributed by atoms with Crippen LogP contribution in [0.1, 0.15) is 25.7 Å². The zero-order valence-corrected chi connectivity index (χ0v) is 11.3. The lowest BCUT2D eigenvalue weighted by atomic mass is 9.92. The molecule has 0 heterocycles. The maximum atomic E-state index is 3.69. The van der Waals surface area contributed by atoms with E-state index in [1.54, 1.807) is 0 Å². The van der Waals surface area contributed by atoms with Crippen molar-refractivity contribution in [2.45, 2.75) is 30.6 Å². The van der Waals surface area contributed by atoms with Gasteiger partial charge in [-0.3, -0.25) is 0 Å². The maximum Gasteiger partial charge on any atom is 0.00959 e. The maximum absolute atomic E-state index is 3.69. The molecule has 0 spiro atoms. The Morgan fingerprint density at radius 1 is 1.13 bits per heavy atom. The smallest absolute Gasteiger partial charge is 0.00959 e. The molecule has 1 aliphatic rings. The fourth-order valence-electron chi connectivity index (χ4n) is 2.19. The summed E-state index contributed by atoms with van der Waals surface area (Å²) in [6, 6.07) is 10.7. The summed E-state index contributed by atoms with van der Waals surface area (Å²) in [5.74, 6) is 1.27. The lowest BCUT2D eigenvalue weighted by molar-refractivity contribution is 0.405. The normalized spacial score (nSPS) is 19.3. The molecule has 0 N–H and O–H groups in total. The van der Waals surface area contributed by atoms with Crippen molar-refractivity contribution >= 4 is 27.7 Å². The van der Waals surface area contributed by atoms with E-state index in [4.69, 9.17) is 0 Å². The first-order valence-corrected chi connectivity index (χ1v) is 7.69. The van der Waals surface area contributed by atoms with Crippen LogP contribution in [0.4, 0.5) is 0 Å². The highest BCUT2D eigenvalue weighted by Crippen LogP contribution is 2.43. The number of rotatable bonds is 4. The Labute approximate surface area is 105 Å². The Morgan fingerprint density at radius 3 is 2.40 bits per heavy atom. The van der Waals surface area contributed by atoms with Gasteiger partial charge in [-0.1, -0.05) is 47.0 Å². The highest BCUT2D eigenvalue weighted by Gasteiger charge is 2.32. The van der Waals surface area contributed by atoms with Gasteiger partial charge in [-0.05, 0) is 30.4 Å². The molecule has 2 rings (SSSR count). The molecule has 2 heteroatoms. The molecule has 0 aromatic heterocycles. The number of alkyl halides is 1. The minimum Gasteiger partial charge on any atom is -0.126 e. The molecule has 0 nitrogen and oxygen atoms in total. The van der Waals surface area contributed by atoms with E-state index in [1.165, 1.54) is 41.7 Å². The quantitative estimate of drug-likeness (QED) is 0.569. The van der Waals surface area contributed by atoms with E-state index >= 15 is 0 Å². The van der Waals surface area contributed by atoms with E-state index in [2.05, 4.69) is 46.3 Å². The van der Waals surface area contributed by atoms with Crippen LogP contribution >= 0.6 is 27.7 Å². The second kappa shape index (κ2) is 5.40. The highest BCUT2D eigenvalue weighted by molar-refractivity contribution is 9.09. The Balaban J connectivity index is 1.92. The zero-order valence-electron chi connectivity index (χ0n) is 8.92. The third kappa shape index (κ3) is 3.01. The Morgan fingerprint density at radius 2 is 1.80 bits per heavy atom. The first-order valence-electron chi connectivity index (χ1n) is 5.58.